The Labute approximate surface area is 256 Å². The predicted octanol–water partition coefficient (Wildman–Crippen LogP) is 5.93. The molecule has 2 N–H and O–H groups in total. The Morgan fingerprint density at radius 1 is 0.978 bits per heavy atom. The lowest BCUT2D eigenvalue weighted by Gasteiger charge is -2.12. The average Bonchev–Trinajstić information content (AvgIpc) is 3.81. The summed E-state index contributed by atoms with van der Waals surface area (Å²) in [6.45, 7) is 2.71. The smallest absolute Gasteiger partial charge is 0.336 e. The van der Waals surface area contributed by atoms with Crippen molar-refractivity contribution in [2.24, 2.45) is 0 Å². The van der Waals surface area contributed by atoms with E-state index in [2.05, 4.69) is 33.6 Å². The van der Waals surface area contributed by atoms with Gasteiger partial charge in [0.1, 0.15) is 22.7 Å². The van der Waals surface area contributed by atoms with Crippen LogP contribution in [0.2, 0.25) is 0 Å². The molecule has 0 aliphatic heterocycles. The van der Waals surface area contributed by atoms with E-state index < -0.39 is 5.97 Å². The predicted molar refractivity (Wildman–Crippen MR) is 169 cm³/mol. The van der Waals surface area contributed by atoms with Crippen molar-refractivity contribution in [2.45, 2.75) is 39.3 Å². The lowest BCUT2D eigenvalue weighted by atomic mass is 10.0. The maximum Gasteiger partial charge on any atom is 0.336 e. The Bertz CT molecular complexity index is 2230. The Kier molecular flexibility index (Phi) is 7.26. The molecule has 45 heavy (non-hydrogen) atoms. The van der Waals surface area contributed by atoms with Gasteiger partial charge in [-0.05, 0) is 53.1 Å². The highest BCUT2D eigenvalue weighted by atomic mass is 16.4. The average molecular weight is 600 g/mol. The van der Waals surface area contributed by atoms with E-state index in [9.17, 15) is 14.7 Å². The van der Waals surface area contributed by atoms with Gasteiger partial charge in [0.25, 0.3) is 5.56 Å². The van der Waals surface area contributed by atoms with Gasteiger partial charge >= 0.3 is 5.97 Å². The maximum absolute atomic E-state index is 13.9. The van der Waals surface area contributed by atoms with E-state index in [-0.39, 0.29) is 17.7 Å². The minimum atomic E-state index is -1.03. The zero-order chi connectivity index (χ0) is 30.9. The number of nitrogens with one attached hydrogen (secondary N) is 1. The van der Waals surface area contributed by atoms with Crippen molar-refractivity contribution in [1.82, 2.24) is 34.7 Å². The van der Waals surface area contributed by atoms with Crippen LogP contribution < -0.4 is 5.56 Å². The summed E-state index contributed by atoms with van der Waals surface area (Å²) >= 11 is 0. The van der Waals surface area contributed by atoms with Crippen LogP contribution in [0.15, 0.2) is 94.3 Å². The number of hydrogen-bond acceptors (Lipinski definition) is 7. The molecule has 0 unspecified atom stereocenters. The number of rotatable bonds is 10. The zero-order valence-corrected chi connectivity index (χ0v) is 24.5. The minimum absolute atomic E-state index is 0.141. The van der Waals surface area contributed by atoms with E-state index >= 15 is 0 Å². The number of H-pyrrole nitrogens is 1. The molecule has 0 saturated heterocycles. The number of benzene rings is 3. The van der Waals surface area contributed by atoms with Crippen LogP contribution in [0.3, 0.4) is 0 Å². The number of furan rings is 1. The summed E-state index contributed by atoms with van der Waals surface area (Å²) in [5.74, 6) is 0.983. The van der Waals surface area contributed by atoms with Crippen molar-refractivity contribution >= 4 is 28.0 Å². The van der Waals surface area contributed by atoms with Gasteiger partial charge in [0.15, 0.2) is 0 Å². The molecule has 11 heteroatoms. The fraction of sp³-hybridized carbons (Fsp3) is 0.176. The molecule has 224 valence electrons. The molecule has 0 atom stereocenters. The minimum Gasteiger partial charge on any atom is -0.478 e. The van der Waals surface area contributed by atoms with Crippen molar-refractivity contribution in [2.75, 3.05) is 0 Å². The van der Waals surface area contributed by atoms with Crippen molar-refractivity contribution in [3.63, 3.8) is 0 Å². The fourth-order valence-electron chi connectivity index (χ4n) is 5.77. The standard InChI is InChI=1S/C34H29N7O4/c1-2-3-12-30-35-27-15-16-40(20-22-8-4-5-9-24(22)34(43)44)33(42)31(27)41(30)19-21-13-14-28-23(17-21)18-29(45-28)25-10-6-7-11-26(25)32-36-38-39-37-32/h4-11,13-18H,2-3,12,19-20H2,1H3,(H,43,44)(H,36,37,38,39). The number of pyridine rings is 1. The van der Waals surface area contributed by atoms with Gasteiger partial charge in [-0.25, -0.2) is 9.78 Å². The number of aryl methyl sites for hydroxylation is 1. The first-order valence-electron chi connectivity index (χ1n) is 14.8. The third-order valence-electron chi connectivity index (χ3n) is 7.99. The Hall–Kier alpha value is -5.84. The highest BCUT2D eigenvalue weighted by Crippen LogP contribution is 2.34. The number of fused-ring (bicyclic) bond motifs is 2. The number of imidazole rings is 1. The first-order valence-corrected chi connectivity index (χ1v) is 14.8. The van der Waals surface area contributed by atoms with Gasteiger partial charge in [-0.15, -0.1) is 10.2 Å². The summed E-state index contributed by atoms with van der Waals surface area (Å²) in [5.41, 5.74) is 5.02. The molecule has 4 aromatic heterocycles. The quantitative estimate of drug-likeness (QED) is 0.197. The summed E-state index contributed by atoms with van der Waals surface area (Å²) in [6.07, 6.45) is 4.36. The number of aromatic nitrogens is 7. The Balaban J connectivity index is 1.27. The molecule has 0 amide bonds. The number of aromatic amines is 1. The number of nitrogens with zero attached hydrogens (tertiary/aromatic N) is 6. The van der Waals surface area contributed by atoms with Gasteiger partial charge in [-0.3, -0.25) is 4.79 Å². The third-order valence-corrected chi connectivity index (χ3v) is 7.99. The van der Waals surface area contributed by atoms with Crippen molar-refractivity contribution in [3.8, 4) is 22.7 Å². The number of tetrazole rings is 1. The maximum atomic E-state index is 13.9. The molecule has 3 aromatic carbocycles. The number of aromatic carboxylic acids is 1. The Morgan fingerprint density at radius 2 is 1.80 bits per heavy atom. The van der Waals surface area contributed by atoms with Crippen molar-refractivity contribution in [3.05, 3.63) is 118 Å². The number of carbonyl (C=O) groups is 1. The van der Waals surface area contributed by atoms with Crippen LogP contribution in [0, 0.1) is 0 Å². The third kappa shape index (κ3) is 5.29. The van der Waals surface area contributed by atoms with Crippen LogP contribution in [0.1, 0.15) is 47.1 Å². The molecule has 0 radical (unpaired) electrons. The number of hydrogen-bond donors (Lipinski definition) is 2. The molecule has 0 aliphatic carbocycles. The molecule has 7 aromatic rings. The van der Waals surface area contributed by atoms with E-state index in [0.717, 1.165) is 52.7 Å². The summed E-state index contributed by atoms with van der Waals surface area (Å²) < 4.78 is 9.80. The molecule has 0 fully saturated rings. The lowest BCUT2D eigenvalue weighted by Crippen LogP contribution is -2.23. The number of carboxylic acid groups (broad SMARTS) is 1. The van der Waals surface area contributed by atoms with Gasteiger partial charge in [-0.1, -0.05) is 61.9 Å². The Morgan fingerprint density at radius 3 is 2.60 bits per heavy atom. The van der Waals surface area contributed by atoms with Crippen LogP contribution in [0.5, 0.6) is 0 Å². The molecular weight excluding hydrogens is 570 g/mol. The largest absolute Gasteiger partial charge is 0.478 e. The second-order valence-corrected chi connectivity index (χ2v) is 10.9. The molecule has 0 spiro atoms. The van der Waals surface area contributed by atoms with Crippen molar-refractivity contribution in [1.29, 1.82) is 0 Å². The van der Waals surface area contributed by atoms with Gasteiger partial charge in [-0.2, -0.15) is 5.21 Å². The fourth-order valence-corrected chi connectivity index (χ4v) is 5.77. The van der Waals surface area contributed by atoms with Gasteiger partial charge in [0, 0.05) is 35.7 Å². The van der Waals surface area contributed by atoms with Crippen LogP contribution in [0.4, 0.5) is 0 Å². The normalized spacial score (nSPS) is 11.5. The van der Waals surface area contributed by atoms with Crippen LogP contribution in [-0.2, 0) is 19.5 Å². The second-order valence-electron chi connectivity index (χ2n) is 10.9. The highest BCUT2D eigenvalue weighted by Gasteiger charge is 2.19. The van der Waals surface area contributed by atoms with Gasteiger partial charge in [0.2, 0.25) is 5.82 Å². The van der Waals surface area contributed by atoms with E-state index in [1.807, 2.05) is 53.1 Å². The SMILES string of the molecule is CCCCc1nc2ccn(Cc3ccccc3C(=O)O)c(=O)c2n1Cc1ccc2oc(-c3ccccc3-c3nn[nH]n3)cc2c1. The van der Waals surface area contributed by atoms with Gasteiger partial charge in [0.05, 0.1) is 17.6 Å². The molecule has 4 heterocycles. The summed E-state index contributed by atoms with van der Waals surface area (Å²) in [6, 6.07) is 24.3. The molecule has 11 nitrogen and oxygen atoms in total. The van der Waals surface area contributed by atoms with Crippen molar-refractivity contribution < 1.29 is 14.3 Å². The van der Waals surface area contributed by atoms with Crippen LogP contribution >= 0.6 is 0 Å². The molecule has 0 saturated carbocycles. The molecular formula is C34H29N7O4. The van der Waals surface area contributed by atoms with Crippen LogP contribution in [0.25, 0.3) is 44.7 Å². The molecule has 0 aliphatic rings. The van der Waals surface area contributed by atoms with E-state index in [4.69, 9.17) is 9.40 Å². The highest BCUT2D eigenvalue weighted by molar-refractivity contribution is 5.89. The first kappa shape index (κ1) is 28.0. The summed E-state index contributed by atoms with van der Waals surface area (Å²) in [7, 11) is 0. The summed E-state index contributed by atoms with van der Waals surface area (Å²) in [5, 5.41) is 25.0. The molecule has 7 rings (SSSR count). The monoisotopic (exact) mass is 599 g/mol. The molecule has 0 bridgehead atoms. The summed E-state index contributed by atoms with van der Waals surface area (Å²) in [4.78, 5) is 30.6. The number of unbranched alkanes of at least 4 members (excludes halogenated alkanes) is 1. The zero-order valence-electron chi connectivity index (χ0n) is 24.5. The first-order chi connectivity index (χ1) is 22.0. The lowest BCUT2D eigenvalue weighted by molar-refractivity contribution is 0.0695. The van der Waals surface area contributed by atoms with E-state index in [1.54, 1.807) is 35.0 Å². The topological polar surface area (TPSA) is 145 Å². The van der Waals surface area contributed by atoms with Crippen LogP contribution in [-0.4, -0.2) is 45.8 Å². The second kappa shape index (κ2) is 11.7. The van der Waals surface area contributed by atoms with Gasteiger partial charge < -0.3 is 18.7 Å². The number of carboxylic acids is 1. The van der Waals surface area contributed by atoms with E-state index in [1.165, 1.54) is 0 Å². The van der Waals surface area contributed by atoms with E-state index in [0.29, 0.717) is 34.7 Å².